The SMILES string of the molecule is CCCCCCCCCCCC/C=C(\CCCCCCCCCCCC)CCN(CCCCCCCCCCCC)CCN1CCN(CCN(CCCCCCCCCCCC)CCCCCC(=O)OCCCCC)CC1. The fraction of sp³-hybridized carbons (Fsp3) is 0.958. The van der Waals surface area contributed by atoms with Crippen molar-refractivity contribution in [1.29, 1.82) is 0 Å². The lowest BCUT2D eigenvalue weighted by atomic mass is 9.99. The van der Waals surface area contributed by atoms with Gasteiger partial charge in [-0.2, -0.15) is 0 Å². The van der Waals surface area contributed by atoms with Crippen LogP contribution in [0.4, 0.5) is 0 Å². The molecule has 0 unspecified atom stereocenters. The van der Waals surface area contributed by atoms with E-state index < -0.39 is 0 Å². The highest BCUT2D eigenvalue weighted by molar-refractivity contribution is 5.69. The molecule has 77 heavy (non-hydrogen) atoms. The smallest absolute Gasteiger partial charge is 0.305 e. The van der Waals surface area contributed by atoms with Gasteiger partial charge in [0, 0.05) is 65.3 Å². The summed E-state index contributed by atoms with van der Waals surface area (Å²) >= 11 is 0. The molecular formula is C71H142N4O2. The van der Waals surface area contributed by atoms with Gasteiger partial charge in [-0.25, -0.2) is 0 Å². The average molecular weight is 1080 g/mol. The van der Waals surface area contributed by atoms with Crippen LogP contribution in [-0.4, -0.2) is 111 Å². The van der Waals surface area contributed by atoms with E-state index in [2.05, 4.69) is 60.3 Å². The molecule has 1 rings (SSSR count). The molecular weight excluding hydrogens is 941 g/mol. The number of allylic oxidation sites excluding steroid dienone is 1. The van der Waals surface area contributed by atoms with Gasteiger partial charge in [-0.05, 0) is 83.8 Å². The summed E-state index contributed by atoms with van der Waals surface area (Å²) < 4.78 is 5.49. The number of carbonyl (C=O) groups excluding carboxylic acids is 1. The predicted molar refractivity (Wildman–Crippen MR) is 344 cm³/mol. The van der Waals surface area contributed by atoms with Crippen LogP contribution in [0, 0.1) is 0 Å². The fourth-order valence-electron chi connectivity index (χ4n) is 11.9. The molecule has 1 saturated heterocycles. The van der Waals surface area contributed by atoms with Crippen molar-refractivity contribution in [3.8, 4) is 0 Å². The minimum Gasteiger partial charge on any atom is -0.466 e. The van der Waals surface area contributed by atoms with E-state index in [0.717, 1.165) is 25.7 Å². The van der Waals surface area contributed by atoms with Gasteiger partial charge in [-0.15, -0.1) is 0 Å². The van der Waals surface area contributed by atoms with Gasteiger partial charge in [-0.3, -0.25) is 14.6 Å². The van der Waals surface area contributed by atoms with Gasteiger partial charge in [0.15, 0.2) is 0 Å². The molecule has 1 aliphatic rings. The Balaban J connectivity index is 2.77. The van der Waals surface area contributed by atoms with Gasteiger partial charge in [0.25, 0.3) is 0 Å². The molecule has 0 atom stereocenters. The molecule has 0 aromatic heterocycles. The van der Waals surface area contributed by atoms with E-state index in [1.807, 2.05) is 0 Å². The Labute approximate surface area is 485 Å². The third-order valence-electron chi connectivity index (χ3n) is 17.5. The first kappa shape index (κ1) is 74.1. The number of carbonyl (C=O) groups is 1. The molecule has 0 aliphatic carbocycles. The molecule has 0 radical (unpaired) electrons. The number of piperazine rings is 1. The van der Waals surface area contributed by atoms with Gasteiger partial charge < -0.3 is 14.5 Å². The Morgan fingerprint density at radius 1 is 0.325 bits per heavy atom. The van der Waals surface area contributed by atoms with E-state index >= 15 is 0 Å². The second-order valence-electron chi connectivity index (χ2n) is 25.0. The summed E-state index contributed by atoms with van der Waals surface area (Å²) in [5, 5.41) is 0. The maximum Gasteiger partial charge on any atom is 0.305 e. The lowest BCUT2D eigenvalue weighted by Gasteiger charge is -2.37. The van der Waals surface area contributed by atoms with E-state index in [0.29, 0.717) is 13.0 Å². The summed E-state index contributed by atoms with van der Waals surface area (Å²) in [5.74, 6) is 0.00962. The maximum atomic E-state index is 12.3. The molecule has 0 aromatic rings. The first-order valence-electron chi connectivity index (χ1n) is 35.8. The van der Waals surface area contributed by atoms with Crippen molar-refractivity contribution in [3.05, 3.63) is 11.6 Å². The second kappa shape index (κ2) is 61.1. The largest absolute Gasteiger partial charge is 0.466 e. The van der Waals surface area contributed by atoms with Gasteiger partial charge in [0.2, 0.25) is 0 Å². The van der Waals surface area contributed by atoms with Crippen molar-refractivity contribution >= 4 is 5.97 Å². The van der Waals surface area contributed by atoms with Crippen LogP contribution in [-0.2, 0) is 9.53 Å². The van der Waals surface area contributed by atoms with Crippen molar-refractivity contribution in [2.75, 3.05) is 85.1 Å². The van der Waals surface area contributed by atoms with Crippen molar-refractivity contribution in [1.82, 2.24) is 19.6 Å². The summed E-state index contributed by atoms with van der Waals surface area (Å²) in [6.45, 7) is 26.8. The van der Waals surface area contributed by atoms with E-state index in [-0.39, 0.29) is 5.97 Å². The van der Waals surface area contributed by atoms with Crippen LogP contribution in [0.3, 0.4) is 0 Å². The third-order valence-corrected chi connectivity index (χ3v) is 17.5. The Hall–Kier alpha value is -0.950. The van der Waals surface area contributed by atoms with Crippen molar-refractivity contribution < 1.29 is 9.53 Å². The number of rotatable bonds is 63. The monoisotopic (exact) mass is 1080 g/mol. The molecule has 0 aromatic carbocycles. The van der Waals surface area contributed by atoms with Crippen molar-refractivity contribution in [2.45, 2.75) is 356 Å². The highest BCUT2D eigenvalue weighted by Crippen LogP contribution is 2.20. The number of hydrogen-bond acceptors (Lipinski definition) is 6. The topological polar surface area (TPSA) is 39.3 Å². The fourth-order valence-corrected chi connectivity index (χ4v) is 11.9. The molecule has 0 saturated carbocycles. The van der Waals surface area contributed by atoms with Crippen LogP contribution >= 0.6 is 0 Å². The summed E-state index contributed by atoms with van der Waals surface area (Å²) in [6, 6.07) is 0. The van der Waals surface area contributed by atoms with Crippen molar-refractivity contribution in [2.24, 2.45) is 0 Å². The van der Waals surface area contributed by atoms with Crippen LogP contribution in [0.2, 0.25) is 0 Å². The van der Waals surface area contributed by atoms with Gasteiger partial charge in [-0.1, -0.05) is 297 Å². The number of esters is 1. The van der Waals surface area contributed by atoms with E-state index in [1.54, 1.807) is 5.57 Å². The maximum absolute atomic E-state index is 12.3. The molecule has 0 amide bonds. The van der Waals surface area contributed by atoms with Crippen LogP contribution in [0.15, 0.2) is 11.6 Å². The molecule has 458 valence electrons. The normalized spacial score (nSPS) is 13.8. The van der Waals surface area contributed by atoms with E-state index in [9.17, 15) is 4.79 Å². The molecule has 1 fully saturated rings. The molecule has 1 heterocycles. The highest BCUT2D eigenvalue weighted by Gasteiger charge is 2.19. The van der Waals surface area contributed by atoms with Gasteiger partial charge in [0.05, 0.1) is 6.61 Å². The Morgan fingerprint density at radius 3 is 1.01 bits per heavy atom. The number of nitrogens with zero attached hydrogens (tertiary/aromatic N) is 4. The van der Waals surface area contributed by atoms with Crippen molar-refractivity contribution in [3.63, 3.8) is 0 Å². The Kier molecular flexibility index (Phi) is 58.8. The first-order chi connectivity index (χ1) is 38.1. The molecule has 0 spiro atoms. The zero-order valence-electron chi connectivity index (χ0n) is 53.7. The standard InChI is InChI=1S/C71H142N4O2/c1-6-11-16-20-24-28-32-34-38-42-47-54-70(53-46-41-37-33-29-25-21-17-12-7-2)56-60-73(59-50-44-40-36-31-27-23-19-14-9-4)62-64-75-67-65-74(66-68-75)63-61-72(57-49-43-39-35-30-26-22-18-13-8-3)58-51-45-48-55-71(76)77-69-52-15-10-5/h54H,6-53,55-69H2,1-5H3/b70-54+. The quantitative estimate of drug-likeness (QED) is 0.0343. The Bertz CT molecular complexity index is 1190. The first-order valence-corrected chi connectivity index (χ1v) is 35.8. The van der Waals surface area contributed by atoms with Crippen LogP contribution in [0.1, 0.15) is 356 Å². The zero-order chi connectivity index (χ0) is 55.4. The Morgan fingerprint density at radius 2 is 0.623 bits per heavy atom. The minimum absolute atomic E-state index is 0.00962. The molecule has 6 nitrogen and oxygen atoms in total. The third kappa shape index (κ3) is 52.9. The minimum atomic E-state index is 0.00962. The summed E-state index contributed by atoms with van der Waals surface area (Å²) in [5.41, 5.74) is 1.79. The molecule has 1 aliphatic heterocycles. The molecule has 0 N–H and O–H groups in total. The van der Waals surface area contributed by atoms with Gasteiger partial charge in [0.1, 0.15) is 0 Å². The summed E-state index contributed by atoms with van der Waals surface area (Å²) in [4.78, 5) is 23.6. The van der Waals surface area contributed by atoms with Gasteiger partial charge >= 0.3 is 5.97 Å². The number of ether oxygens (including phenoxy) is 1. The van der Waals surface area contributed by atoms with Crippen LogP contribution in [0.25, 0.3) is 0 Å². The lowest BCUT2D eigenvalue weighted by molar-refractivity contribution is -0.143. The second-order valence-corrected chi connectivity index (χ2v) is 25.0. The number of hydrogen-bond donors (Lipinski definition) is 0. The number of unbranched alkanes of at least 4 members (excludes halogenated alkanes) is 41. The predicted octanol–water partition coefficient (Wildman–Crippen LogP) is 21.3. The average Bonchev–Trinajstić information content (AvgIpc) is 3.44. The highest BCUT2D eigenvalue weighted by atomic mass is 16.5. The lowest BCUT2D eigenvalue weighted by Crippen LogP contribution is -2.50. The van der Waals surface area contributed by atoms with E-state index in [4.69, 9.17) is 4.74 Å². The summed E-state index contributed by atoms with van der Waals surface area (Å²) in [7, 11) is 0. The van der Waals surface area contributed by atoms with Crippen LogP contribution in [0.5, 0.6) is 0 Å². The van der Waals surface area contributed by atoms with E-state index in [1.165, 1.54) is 367 Å². The molecule has 6 heteroatoms. The summed E-state index contributed by atoms with van der Waals surface area (Å²) in [6.07, 6.45) is 70.7. The van der Waals surface area contributed by atoms with Crippen LogP contribution < -0.4 is 0 Å². The molecule has 0 bridgehead atoms. The zero-order valence-corrected chi connectivity index (χ0v) is 53.7.